The van der Waals surface area contributed by atoms with Gasteiger partial charge in [0.25, 0.3) is 5.91 Å². The van der Waals surface area contributed by atoms with Gasteiger partial charge < -0.3 is 19.7 Å². The number of rotatable bonds is 4. The Hall–Kier alpha value is -3.05. The fraction of sp³-hybridized carbons (Fsp3) is 0.350. The Bertz CT molecular complexity index is 928. The summed E-state index contributed by atoms with van der Waals surface area (Å²) in [6, 6.07) is 9.05. The highest BCUT2D eigenvalue weighted by molar-refractivity contribution is 7.16. The highest BCUT2D eigenvalue weighted by Gasteiger charge is 2.28. The van der Waals surface area contributed by atoms with E-state index in [1.54, 1.807) is 29.2 Å². The molecule has 0 fully saturated rings. The van der Waals surface area contributed by atoms with Crippen molar-refractivity contribution in [3.8, 4) is 11.8 Å². The summed E-state index contributed by atoms with van der Waals surface area (Å²) in [7, 11) is 1.34. The van der Waals surface area contributed by atoms with Gasteiger partial charge in [-0.2, -0.15) is 5.26 Å². The SMILES string of the molecule is COC(=O)N1CCc2c(sc(NC(=O)c3ccc(OC(C)C)cc3)c2C#N)C1. The van der Waals surface area contributed by atoms with Crippen LogP contribution in [0, 0.1) is 11.3 Å². The van der Waals surface area contributed by atoms with Crippen LogP contribution in [0.1, 0.15) is 40.2 Å². The molecule has 146 valence electrons. The number of carbonyl (C=O) groups is 2. The zero-order valence-electron chi connectivity index (χ0n) is 15.9. The molecule has 1 aromatic carbocycles. The summed E-state index contributed by atoms with van der Waals surface area (Å²) >= 11 is 1.32. The lowest BCUT2D eigenvalue weighted by atomic mass is 10.0. The van der Waals surface area contributed by atoms with Gasteiger partial charge in [0.1, 0.15) is 16.8 Å². The first-order valence-electron chi connectivity index (χ1n) is 8.88. The average Bonchev–Trinajstić information content (AvgIpc) is 3.03. The molecule has 28 heavy (non-hydrogen) atoms. The zero-order chi connectivity index (χ0) is 20.3. The van der Waals surface area contributed by atoms with Crippen LogP contribution in [0.2, 0.25) is 0 Å². The molecular weight excluding hydrogens is 378 g/mol. The number of methoxy groups -OCH3 is 1. The molecule has 0 bridgehead atoms. The van der Waals surface area contributed by atoms with E-state index in [1.165, 1.54) is 18.4 Å². The molecular formula is C20H21N3O4S. The van der Waals surface area contributed by atoms with Gasteiger partial charge in [-0.1, -0.05) is 0 Å². The molecule has 1 aromatic heterocycles. The second-order valence-corrected chi connectivity index (χ2v) is 7.71. The van der Waals surface area contributed by atoms with Gasteiger partial charge in [0.05, 0.1) is 25.3 Å². The Morgan fingerprint density at radius 1 is 1.29 bits per heavy atom. The van der Waals surface area contributed by atoms with Crippen molar-refractivity contribution in [1.29, 1.82) is 5.26 Å². The topological polar surface area (TPSA) is 91.7 Å². The fourth-order valence-electron chi connectivity index (χ4n) is 3.03. The van der Waals surface area contributed by atoms with Crippen LogP contribution in [0.15, 0.2) is 24.3 Å². The molecule has 0 spiro atoms. The first-order valence-corrected chi connectivity index (χ1v) is 9.70. The van der Waals surface area contributed by atoms with E-state index >= 15 is 0 Å². The first kappa shape index (κ1) is 19.7. The number of nitrogens with zero attached hydrogens (tertiary/aromatic N) is 2. The number of hydrogen-bond donors (Lipinski definition) is 1. The summed E-state index contributed by atoms with van der Waals surface area (Å²) in [4.78, 5) is 26.8. The first-order chi connectivity index (χ1) is 13.4. The van der Waals surface area contributed by atoms with Crippen molar-refractivity contribution in [2.24, 2.45) is 0 Å². The third kappa shape index (κ3) is 4.10. The number of ether oxygens (including phenoxy) is 2. The van der Waals surface area contributed by atoms with E-state index in [0.717, 1.165) is 10.4 Å². The van der Waals surface area contributed by atoms with Crippen LogP contribution < -0.4 is 10.1 Å². The largest absolute Gasteiger partial charge is 0.491 e. The molecule has 1 aliphatic heterocycles. The summed E-state index contributed by atoms with van der Waals surface area (Å²) in [5, 5.41) is 12.9. The number of hydrogen-bond acceptors (Lipinski definition) is 6. The molecule has 1 N–H and O–H groups in total. The normalized spacial score (nSPS) is 12.9. The fourth-order valence-corrected chi connectivity index (χ4v) is 4.24. The van der Waals surface area contributed by atoms with Crippen molar-refractivity contribution in [1.82, 2.24) is 4.90 Å². The van der Waals surface area contributed by atoms with Crippen LogP contribution in [0.4, 0.5) is 9.80 Å². The number of amides is 2. The Morgan fingerprint density at radius 3 is 2.61 bits per heavy atom. The summed E-state index contributed by atoms with van der Waals surface area (Å²) < 4.78 is 10.4. The van der Waals surface area contributed by atoms with Crippen molar-refractivity contribution < 1.29 is 19.1 Å². The lowest BCUT2D eigenvalue weighted by Crippen LogP contribution is -2.35. The minimum Gasteiger partial charge on any atom is -0.491 e. The minimum atomic E-state index is -0.396. The van der Waals surface area contributed by atoms with E-state index in [2.05, 4.69) is 11.4 Å². The number of nitrogens with one attached hydrogen (secondary N) is 1. The number of nitriles is 1. The van der Waals surface area contributed by atoms with Gasteiger partial charge in [-0.25, -0.2) is 4.79 Å². The van der Waals surface area contributed by atoms with E-state index in [0.29, 0.717) is 41.4 Å². The van der Waals surface area contributed by atoms with Gasteiger partial charge in [0.15, 0.2) is 0 Å². The Labute approximate surface area is 167 Å². The Kier molecular flexibility index (Phi) is 5.85. The van der Waals surface area contributed by atoms with Gasteiger partial charge in [0.2, 0.25) is 0 Å². The molecule has 0 aliphatic carbocycles. The molecule has 0 saturated carbocycles. The summed E-state index contributed by atoms with van der Waals surface area (Å²) in [6.07, 6.45) is 0.215. The maximum absolute atomic E-state index is 12.6. The Morgan fingerprint density at radius 2 is 2.00 bits per heavy atom. The molecule has 0 atom stereocenters. The van der Waals surface area contributed by atoms with Crippen LogP contribution in [0.25, 0.3) is 0 Å². The number of anilines is 1. The lowest BCUT2D eigenvalue weighted by Gasteiger charge is -2.25. The number of carbonyl (C=O) groups excluding carboxylic acids is 2. The zero-order valence-corrected chi connectivity index (χ0v) is 16.8. The molecule has 8 heteroatoms. The van der Waals surface area contributed by atoms with Crippen molar-refractivity contribution in [3.63, 3.8) is 0 Å². The summed E-state index contributed by atoms with van der Waals surface area (Å²) in [5.41, 5.74) is 1.84. The number of fused-ring (bicyclic) bond motifs is 1. The van der Waals surface area contributed by atoms with Crippen LogP contribution in [0.5, 0.6) is 5.75 Å². The highest BCUT2D eigenvalue weighted by atomic mass is 32.1. The molecule has 7 nitrogen and oxygen atoms in total. The third-order valence-corrected chi connectivity index (χ3v) is 5.45. The minimum absolute atomic E-state index is 0.0554. The highest BCUT2D eigenvalue weighted by Crippen LogP contribution is 2.37. The van der Waals surface area contributed by atoms with Crippen molar-refractivity contribution in [3.05, 3.63) is 45.8 Å². The van der Waals surface area contributed by atoms with E-state index in [-0.39, 0.29) is 12.0 Å². The van der Waals surface area contributed by atoms with E-state index in [1.807, 2.05) is 13.8 Å². The van der Waals surface area contributed by atoms with Crippen LogP contribution in [-0.4, -0.2) is 36.7 Å². The summed E-state index contributed by atoms with van der Waals surface area (Å²) in [6.45, 7) is 4.72. The van der Waals surface area contributed by atoms with Crippen LogP contribution in [-0.2, 0) is 17.7 Å². The second-order valence-electron chi connectivity index (χ2n) is 6.61. The van der Waals surface area contributed by atoms with Crippen LogP contribution >= 0.6 is 11.3 Å². The molecule has 1 aliphatic rings. The molecule has 0 unspecified atom stereocenters. The van der Waals surface area contributed by atoms with Gasteiger partial charge in [0, 0.05) is 17.0 Å². The molecule has 0 radical (unpaired) electrons. The second kappa shape index (κ2) is 8.31. The maximum atomic E-state index is 12.6. The average molecular weight is 399 g/mol. The van der Waals surface area contributed by atoms with Gasteiger partial charge in [-0.05, 0) is 50.1 Å². The smallest absolute Gasteiger partial charge is 0.409 e. The Balaban J connectivity index is 1.77. The van der Waals surface area contributed by atoms with Crippen molar-refractivity contribution in [2.45, 2.75) is 32.9 Å². The summed E-state index contributed by atoms with van der Waals surface area (Å²) in [5.74, 6) is 0.398. The van der Waals surface area contributed by atoms with Gasteiger partial charge in [-0.3, -0.25) is 4.79 Å². The lowest BCUT2D eigenvalue weighted by molar-refractivity contribution is 0.102. The molecule has 0 saturated heterocycles. The van der Waals surface area contributed by atoms with Crippen LogP contribution in [0.3, 0.4) is 0 Å². The molecule has 2 aromatic rings. The predicted molar refractivity (Wildman–Crippen MR) is 106 cm³/mol. The molecule has 2 heterocycles. The van der Waals surface area contributed by atoms with E-state index in [4.69, 9.17) is 9.47 Å². The maximum Gasteiger partial charge on any atom is 0.409 e. The molecule has 2 amide bonds. The van der Waals surface area contributed by atoms with Crippen molar-refractivity contribution >= 4 is 28.3 Å². The molecule has 3 rings (SSSR count). The predicted octanol–water partition coefficient (Wildman–Crippen LogP) is 3.78. The van der Waals surface area contributed by atoms with E-state index in [9.17, 15) is 14.9 Å². The number of benzene rings is 1. The monoisotopic (exact) mass is 399 g/mol. The van der Waals surface area contributed by atoms with Crippen molar-refractivity contribution in [2.75, 3.05) is 19.0 Å². The quantitative estimate of drug-likeness (QED) is 0.845. The standard InChI is InChI=1S/C20H21N3O4S/c1-12(2)27-14-6-4-13(5-7-14)18(24)22-19-16(10-21)15-8-9-23(20(25)26-3)11-17(15)28-19/h4-7,12H,8-9,11H2,1-3H3,(H,22,24). The van der Waals surface area contributed by atoms with E-state index < -0.39 is 6.09 Å². The van der Waals surface area contributed by atoms with Gasteiger partial charge in [-0.15, -0.1) is 11.3 Å². The number of thiophene rings is 1. The van der Waals surface area contributed by atoms with Gasteiger partial charge >= 0.3 is 6.09 Å². The third-order valence-electron chi connectivity index (χ3n) is 4.32.